The SMILES string of the molecule is CC(NC(=O)OCC1c2ccccc2-c2ccccc21)C(=O)N1CC(O)CC(C(=O)O)C1. The predicted molar refractivity (Wildman–Crippen MR) is 116 cm³/mol. The van der Waals surface area contributed by atoms with Crippen molar-refractivity contribution in [2.24, 2.45) is 5.92 Å². The van der Waals surface area contributed by atoms with Crippen LogP contribution in [0.4, 0.5) is 4.79 Å². The fraction of sp³-hybridized carbons (Fsp3) is 0.375. The molecule has 3 atom stereocenters. The van der Waals surface area contributed by atoms with Gasteiger partial charge in [0.05, 0.1) is 12.0 Å². The van der Waals surface area contributed by atoms with Crippen molar-refractivity contribution in [3.63, 3.8) is 0 Å². The number of fused-ring (bicyclic) bond motifs is 3. The van der Waals surface area contributed by atoms with Gasteiger partial charge in [0.1, 0.15) is 12.6 Å². The number of hydrogen-bond donors (Lipinski definition) is 3. The molecule has 2 aromatic carbocycles. The van der Waals surface area contributed by atoms with E-state index in [0.717, 1.165) is 22.3 Å². The number of hydrogen-bond acceptors (Lipinski definition) is 5. The van der Waals surface area contributed by atoms with Crippen molar-refractivity contribution in [1.82, 2.24) is 10.2 Å². The number of aliphatic hydroxyl groups is 1. The molecule has 0 spiro atoms. The fourth-order valence-electron chi connectivity index (χ4n) is 4.58. The van der Waals surface area contributed by atoms with E-state index in [4.69, 9.17) is 4.74 Å². The van der Waals surface area contributed by atoms with Gasteiger partial charge in [0.25, 0.3) is 0 Å². The number of aliphatic hydroxyl groups excluding tert-OH is 1. The van der Waals surface area contributed by atoms with Crippen molar-refractivity contribution in [1.29, 1.82) is 0 Å². The minimum atomic E-state index is -1.06. The number of β-amino-alcohol motifs (C(OH)–C–C–N with tert-alkyl or cyclic N) is 1. The molecule has 3 unspecified atom stereocenters. The summed E-state index contributed by atoms with van der Waals surface area (Å²) in [6.07, 6.45) is -1.52. The van der Waals surface area contributed by atoms with Crippen molar-refractivity contribution < 1.29 is 29.3 Å². The van der Waals surface area contributed by atoms with E-state index in [9.17, 15) is 24.6 Å². The minimum absolute atomic E-state index is 0.00192. The number of likely N-dealkylation sites (tertiary alicyclic amines) is 1. The van der Waals surface area contributed by atoms with E-state index in [2.05, 4.69) is 5.32 Å². The van der Waals surface area contributed by atoms with E-state index >= 15 is 0 Å². The summed E-state index contributed by atoms with van der Waals surface area (Å²) >= 11 is 0. The number of nitrogens with one attached hydrogen (secondary N) is 1. The maximum atomic E-state index is 12.7. The number of nitrogens with zero attached hydrogens (tertiary/aromatic N) is 1. The quantitative estimate of drug-likeness (QED) is 0.659. The molecule has 0 saturated carbocycles. The molecule has 1 heterocycles. The van der Waals surface area contributed by atoms with Crippen molar-refractivity contribution in [2.75, 3.05) is 19.7 Å². The van der Waals surface area contributed by atoms with Crippen LogP contribution in [-0.2, 0) is 14.3 Å². The van der Waals surface area contributed by atoms with Crippen LogP contribution in [0.2, 0.25) is 0 Å². The van der Waals surface area contributed by atoms with Gasteiger partial charge in [0.15, 0.2) is 0 Å². The zero-order valence-corrected chi connectivity index (χ0v) is 17.7. The van der Waals surface area contributed by atoms with Gasteiger partial charge in [0, 0.05) is 19.0 Å². The first-order valence-electron chi connectivity index (χ1n) is 10.7. The lowest BCUT2D eigenvalue weighted by molar-refractivity contribution is -0.149. The number of ether oxygens (including phenoxy) is 1. The molecule has 32 heavy (non-hydrogen) atoms. The average molecular weight is 438 g/mol. The molecule has 0 bridgehead atoms. The van der Waals surface area contributed by atoms with E-state index in [-0.39, 0.29) is 32.0 Å². The summed E-state index contributed by atoms with van der Waals surface area (Å²) in [5.74, 6) is -2.43. The Morgan fingerprint density at radius 3 is 2.25 bits per heavy atom. The van der Waals surface area contributed by atoms with Crippen LogP contribution in [0.1, 0.15) is 30.4 Å². The van der Waals surface area contributed by atoms with Gasteiger partial charge >= 0.3 is 12.1 Å². The molecule has 8 heteroatoms. The summed E-state index contributed by atoms with van der Waals surface area (Å²) in [5, 5.41) is 21.6. The number of carbonyl (C=O) groups is 3. The molecule has 2 aliphatic rings. The van der Waals surface area contributed by atoms with Crippen LogP contribution in [0.15, 0.2) is 48.5 Å². The standard InChI is InChI=1S/C24H26N2O6/c1-14(22(28)26-11-15(23(29)30)10-16(27)12-26)25-24(31)32-13-21-19-8-4-2-6-17(19)18-7-3-5-9-20(18)21/h2-9,14-16,21,27H,10-13H2,1H3,(H,25,31)(H,29,30). The molecule has 2 aromatic rings. The van der Waals surface area contributed by atoms with Crippen molar-refractivity contribution >= 4 is 18.0 Å². The highest BCUT2D eigenvalue weighted by Gasteiger charge is 2.35. The third kappa shape index (κ3) is 4.31. The van der Waals surface area contributed by atoms with E-state index < -0.39 is 36.0 Å². The Bertz CT molecular complexity index is 993. The molecule has 168 valence electrons. The largest absolute Gasteiger partial charge is 0.481 e. The van der Waals surface area contributed by atoms with Gasteiger partial charge in [-0.2, -0.15) is 0 Å². The molecule has 0 radical (unpaired) electrons. The van der Waals surface area contributed by atoms with Crippen LogP contribution in [0.5, 0.6) is 0 Å². The lowest BCUT2D eigenvalue weighted by Crippen LogP contribution is -2.54. The topological polar surface area (TPSA) is 116 Å². The number of amides is 2. The van der Waals surface area contributed by atoms with Crippen LogP contribution in [-0.4, -0.2) is 64.9 Å². The molecule has 1 fully saturated rings. The van der Waals surface area contributed by atoms with Gasteiger partial charge in [-0.15, -0.1) is 0 Å². The van der Waals surface area contributed by atoms with E-state index in [0.29, 0.717) is 0 Å². The van der Waals surface area contributed by atoms with Crippen LogP contribution in [0.25, 0.3) is 11.1 Å². The highest BCUT2D eigenvalue weighted by atomic mass is 16.5. The molecule has 1 aliphatic carbocycles. The highest BCUT2D eigenvalue weighted by molar-refractivity contribution is 5.86. The number of carbonyl (C=O) groups excluding carboxylic acids is 2. The van der Waals surface area contributed by atoms with Gasteiger partial charge in [-0.05, 0) is 35.6 Å². The number of piperidine rings is 1. The number of carboxylic acids is 1. The monoisotopic (exact) mass is 438 g/mol. The first-order chi connectivity index (χ1) is 15.3. The summed E-state index contributed by atoms with van der Waals surface area (Å²) in [6.45, 7) is 1.69. The van der Waals surface area contributed by atoms with E-state index in [1.807, 2.05) is 48.5 Å². The zero-order valence-electron chi connectivity index (χ0n) is 17.7. The lowest BCUT2D eigenvalue weighted by Gasteiger charge is -2.35. The second-order valence-electron chi connectivity index (χ2n) is 8.36. The van der Waals surface area contributed by atoms with Gasteiger partial charge < -0.3 is 25.2 Å². The molecule has 1 saturated heterocycles. The van der Waals surface area contributed by atoms with E-state index in [1.54, 1.807) is 0 Å². The summed E-state index contributed by atoms with van der Waals surface area (Å²) < 4.78 is 5.46. The molecule has 1 aliphatic heterocycles. The predicted octanol–water partition coefficient (Wildman–Crippen LogP) is 2.21. The second kappa shape index (κ2) is 9.00. The molecular formula is C24H26N2O6. The third-order valence-corrected chi connectivity index (χ3v) is 6.14. The van der Waals surface area contributed by atoms with Crippen LogP contribution in [0.3, 0.4) is 0 Å². The Morgan fingerprint density at radius 1 is 1.06 bits per heavy atom. The molecule has 3 N–H and O–H groups in total. The Kier molecular flexibility index (Phi) is 6.14. The van der Waals surface area contributed by atoms with Gasteiger partial charge in [0.2, 0.25) is 5.91 Å². The molecular weight excluding hydrogens is 412 g/mol. The number of alkyl carbamates (subject to hydrolysis) is 1. The summed E-state index contributed by atoms with van der Waals surface area (Å²) in [7, 11) is 0. The molecule has 8 nitrogen and oxygen atoms in total. The van der Waals surface area contributed by atoms with Crippen LogP contribution in [0, 0.1) is 5.92 Å². The third-order valence-electron chi connectivity index (χ3n) is 6.14. The smallest absolute Gasteiger partial charge is 0.407 e. The van der Waals surface area contributed by atoms with Gasteiger partial charge in [-0.3, -0.25) is 9.59 Å². The lowest BCUT2D eigenvalue weighted by atomic mass is 9.95. The molecule has 0 aromatic heterocycles. The van der Waals surface area contributed by atoms with Crippen molar-refractivity contribution in [2.45, 2.75) is 31.4 Å². The highest BCUT2D eigenvalue weighted by Crippen LogP contribution is 2.44. The fourth-order valence-corrected chi connectivity index (χ4v) is 4.58. The maximum Gasteiger partial charge on any atom is 0.407 e. The summed E-state index contributed by atoms with van der Waals surface area (Å²) in [4.78, 5) is 37.6. The maximum absolute atomic E-state index is 12.7. The van der Waals surface area contributed by atoms with Gasteiger partial charge in [-0.25, -0.2) is 4.79 Å². The van der Waals surface area contributed by atoms with E-state index in [1.165, 1.54) is 11.8 Å². The van der Waals surface area contributed by atoms with Crippen molar-refractivity contribution in [3.8, 4) is 11.1 Å². The summed E-state index contributed by atoms with van der Waals surface area (Å²) in [5.41, 5.74) is 4.43. The Morgan fingerprint density at radius 2 is 1.66 bits per heavy atom. The number of aliphatic carboxylic acids is 1. The minimum Gasteiger partial charge on any atom is -0.481 e. The van der Waals surface area contributed by atoms with Gasteiger partial charge in [-0.1, -0.05) is 48.5 Å². The zero-order chi connectivity index (χ0) is 22.8. The molecule has 4 rings (SSSR count). The Labute approximate surface area is 185 Å². The normalized spacial score (nSPS) is 20.8. The molecule has 2 amide bonds. The van der Waals surface area contributed by atoms with Crippen LogP contribution >= 0.6 is 0 Å². The Balaban J connectivity index is 1.36. The number of benzene rings is 2. The van der Waals surface area contributed by atoms with Crippen LogP contribution < -0.4 is 5.32 Å². The average Bonchev–Trinajstić information content (AvgIpc) is 3.10. The summed E-state index contributed by atoms with van der Waals surface area (Å²) in [6, 6.07) is 15.1. The van der Waals surface area contributed by atoms with Crippen molar-refractivity contribution in [3.05, 3.63) is 59.7 Å². The Hall–Kier alpha value is -3.39. The first kappa shape index (κ1) is 21.8. The first-order valence-corrected chi connectivity index (χ1v) is 10.7. The number of rotatable bonds is 5. The second-order valence-corrected chi connectivity index (χ2v) is 8.36. The number of carboxylic acid groups (broad SMARTS) is 1.